The fourth-order valence-corrected chi connectivity index (χ4v) is 3.69. The number of nitrogens with one attached hydrogen (secondary N) is 1. The van der Waals surface area contributed by atoms with E-state index in [-0.39, 0.29) is 12.1 Å². The molecule has 4 heteroatoms. The molecule has 0 aliphatic carbocycles. The average Bonchev–Trinajstić information content (AvgIpc) is 2.99. The zero-order valence-corrected chi connectivity index (χ0v) is 13.0. The molecular formula is C15H20BrNO2. The Hall–Kier alpha value is -0.580. The van der Waals surface area contributed by atoms with Crippen molar-refractivity contribution < 1.29 is 9.47 Å². The maximum Gasteiger partial charge on any atom is 0.127 e. The minimum Gasteiger partial charge on any atom is -0.493 e. The first kappa shape index (κ1) is 13.4. The number of likely N-dealkylation sites (N-methyl/N-ethyl adjacent to an activating group) is 1. The molecule has 1 saturated heterocycles. The van der Waals surface area contributed by atoms with Gasteiger partial charge in [0.05, 0.1) is 18.8 Å². The van der Waals surface area contributed by atoms with Gasteiger partial charge in [-0.2, -0.15) is 0 Å². The normalized spacial score (nSPS) is 27.1. The third-order valence-corrected chi connectivity index (χ3v) is 4.65. The largest absolute Gasteiger partial charge is 0.493 e. The van der Waals surface area contributed by atoms with Gasteiger partial charge in [-0.1, -0.05) is 22.9 Å². The number of rotatable bonds is 3. The van der Waals surface area contributed by atoms with Crippen LogP contribution < -0.4 is 10.1 Å². The van der Waals surface area contributed by atoms with Crippen LogP contribution in [-0.2, 0) is 11.2 Å². The van der Waals surface area contributed by atoms with E-state index in [0.717, 1.165) is 36.3 Å². The monoisotopic (exact) mass is 325 g/mol. The molecule has 0 saturated carbocycles. The first-order chi connectivity index (χ1) is 9.20. The molecule has 3 unspecified atom stereocenters. The van der Waals surface area contributed by atoms with Crippen molar-refractivity contribution in [2.24, 2.45) is 5.92 Å². The van der Waals surface area contributed by atoms with Gasteiger partial charge in [-0.3, -0.25) is 0 Å². The number of halogens is 1. The van der Waals surface area contributed by atoms with Crippen LogP contribution in [0.2, 0.25) is 0 Å². The van der Waals surface area contributed by atoms with E-state index in [1.165, 1.54) is 11.1 Å². The molecule has 1 aromatic rings. The molecule has 0 aromatic heterocycles. The van der Waals surface area contributed by atoms with Gasteiger partial charge in [0, 0.05) is 23.1 Å². The van der Waals surface area contributed by atoms with E-state index >= 15 is 0 Å². The van der Waals surface area contributed by atoms with Gasteiger partial charge in [0.15, 0.2) is 0 Å². The highest BCUT2D eigenvalue weighted by Gasteiger charge is 2.35. The summed E-state index contributed by atoms with van der Waals surface area (Å²) < 4.78 is 12.9. The van der Waals surface area contributed by atoms with Crippen molar-refractivity contribution in [3.05, 3.63) is 27.7 Å². The molecule has 0 amide bonds. The van der Waals surface area contributed by atoms with Crippen molar-refractivity contribution in [1.82, 2.24) is 5.32 Å². The molecule has 3 rings (SSSR count). The van der Waals surface area contributed by atoms with Gasteiger partial charge in [-0.05, 0) is 37.1 Å². The number of hydrogen-bond acceptors (Lipinski definition) is 3. The fourth-order valence-electron chi connectivity index (χ4n) is 3.17. The quantitative estimate of drug-likeness (QED) is 0.926. The van der Waals surface area contributed by atoms with E-state index < -0.39 is 0 Å². The van der Waals surface area contributed by atoms with Crippen molar-refractivity contribution in [2.45, 2.75) is 31.9 Å². The second kappa shape index (κ2) is 5.43. The number of fused-ring (bicyclic) bond motifs is 1. The van der Waals surface area contributed by atoms with E-state index in [1.54, 1.807) is 0 Å². The molecule has 2 aliphatic heterocycles. The summed E-state index contributed by atoms with van der Waals surface area (Å²) in [7, 11) is 2.00. The summed E-state index contributed by atoms with van der Waals surface area (Å²) in [6.45, 7) is 3.92. The van der Waals surface area contributed by atoms with E-state index in [0.29, 0.717) is 5.92 Å². The zero-order valence-electron chi connectivity index (χ0n) is 11.4. The number of hydrogen-bond donors (Lipinski definition) is 1. The first-order valence-corrected chi connectivity index (χ1v) is 7.74. The van der Waals surface area contributed by atoms with E-state index in [1.807, 2.05) is 7.05 Å². The summed E-state index contributed by atoms with van der Waals surface area (Å²) in [5.74, 6) is 1.64. The van der Waals surface area contributed by atoms with Gasteiger partial charge < -0.3 is 14.8 Å². The molecule has 3 atom stereocenters. The van der Waals surface area contributed by atoms with Gasteiger partial charge in [-0.15, -0.1) is 0 Å². The standard InChI is InChI=1S/C15H20BrNO2/c1-9-3-5-18-14(9)13(17-2)12-8-11(16)7-10-4-6-19-15(10)12/h7-9,13-14,17H,3-6H2,1-2H3. The Kier molecular flexibility index (Phi) is 3.83. The van der Waals surface area contributed by atoms with Crippen LogP contribution in [0.5, 0.6) is 5.75 Å². The lowest BCUT2D eigenvalue weighted by molar-refractivity contribution is 0.0623. The summed E-state index contributed by atoms with van der Waals surface area (Å²) in [6.07, 6.45) is 2.37. The lowest BCUT2D eigenvalue weighted by Crippen LogP contribution is -2.32. The van der Waals surface area contributed by atoms with Crippen LogP contribution in [0.15, 0.2) is 16.6 Å². The zero-order chi connectivity index (χ0) is 13.4. The van der Waals surface area contributed by atoms with Crippen molar-refractivity contribution in [3.8, 4) is 5.75 Å². The average molecular weight is 326 g/mol. The van der Waals surface area contributed by atoms with E-state index in [2.05, 4.69) is 40.3 Å². The van der Waals surface area contributed by atoms with Crippen LogP contribution in [0.25, 0.3) is 0 Å². The highest BCUT2D eigenvalue weighted by atomic mass is 79.9. The Morgan fingerprint density at radius 3 is 2.89 bits per heavy atom. The summed E-state index contributed by atoms with van der Waals surface area (Å²) in [4.78, 5) is 0. The highest BCUT2D eigenvalue weighted by Crippen LogP contribution is 2.40. The predicted molar refractivity (Wildman–Crippen MR) is 78.7 cm³/mol. The summed E-state index contributed by atoms with van der Waals surface area (Å²) >= 11 is 3.61. The van der Waals surface area contributed by atoms with E-state index in [9.17, 15) is 0 Å². The molecule has 0 bridgehead atoms. The van der Waals surface area contributed by atoms with Gasteiger partial charge in [0.2, 0.25) is 0 Å². The SMILES string of the molecule is CNC(c1cc(Br)cc2c1OCC2)C1OCCC1C. The predicted octanol–water partition coefficient (Wildman–Crippen LogP) is 3.07. The molecule has 1 aromatic carbocycles. The maximum atomic E-state index is 5.94. The van der Waals surface area contributed by atoms with Crippen LogP contribution in [0.1, 0.15) is 30.5 Å². The minimum atomic E-state index is 0.196. The molecule has 0 radical (unpaired) electrons. The maximum absolute atomic E-state index is 5.94. The van der Waals surface area contributed by atoms with Gasteiger partial charge in [-0.25, -0.2) is 0 Å². The van der Waals surface area contributed by atoms with Crippen LogP contribution in [0, 0.1) is 5.92 Å². The smallest absolute Gasteiger partial charge is 0.127 e. The molecule has 3 nitrogen and oxygen atoms in total. The Morgan fingerprint density at radius 1 is 1.37 bits per heavy atom. The molecule has 104 valence electrons. The van der Waals surface area contributed by atoms with Crippen LogP contribution in [-0.4, -0.2) is 26.4 Å². The van der Waals surface area contributed by atoms with Crippen LogP contribution in [0.4, 0.5) is 0 Å². The Balaban J connectivity index is 1.99. The Bertz CT molecular complexity index is 477. The minimum absolute atomic E-state index is 0.196. The summed E-state index contributed by atoms with van der Waals surface area (Å²) in [5.41, 5.74) is 2.53. The molecule has 19 heavy (non-hydrogen) atoms. The molecule has 2 heterocycles. The van der Waals surface area contributed by atoms with Gasteiger partial charge in [0.1, 0.15) is 5.75 Å². The topological polar surface area (TPSA) is 30.5 Å². The van der Waals surface area contributed by atoms with E-state index in [4.69, 9.17) is 9.47 Å². The van der Waals surface area contributed by atoms with Crippen LogP contribution >= 0.6 is 15.9 Å². The third-order valence-electron chi connectivity index (χ3n) is 4.20. The second-order valence-corrected chi connectivity index (χ2v) is 6.37. The van der Waals surface area contributed by atoms with Crippen molar-refractivity contribution >= 4 is 15.9 Å². The van der Waals surface area contributed by atoms with Gasteiger partial charge >= 0.3 is 0 Å². The molecule has 1 N–H and O–H groups in total. The molecule has 0 spiro atoms. The van der Waals surface area contributed by atoms with Crippen molar-refractivity contribution in [2.75, 3.05) is 20.3 Å². The second-order valence-electron chi connectivity index (χ2n) is 5.45. The van der Waals surface area contributed by atoms with Crippen molar-refractivity contribution in [3.63, 3.8) is 0 Å². The Morgan fingerprint density at radius 2 is 2.21 bits per heavy atom. The van der Waals surface area contributed by atoms with Gasteiger partial charge in [0.25, 0.3) is 0 Å². The fraction of sp³-hybridized carbons (Fsp3) is 0.600. The lowest BCUT2D eigenvalue weighted by Gasteiger charge is -2.27. The summed E-state index contributed by atoms with van der Waals surface area (Å²) in [5, 5.41) is 3.42. The lowest BCUT2D eigenvalue weighted by atomic mass is 9.91. The number of ether oxygens (including phenoxy) is 2. The summed E-state index contributed by atoms with van der Waals surface area (Å²) in [6, 6.07) is 4.53. The Labute approximate surface area is 122 Å². The molecule has 1 fully saturated rings. The van der Waals surface area contributed by atoms with Crippen molar-refractivity contribution in [1.29, 1.82) is 0 Å². The first-order valence-electron chi connectivity index (χ1n) is 6.94. The molecular weight excluding hydrogens is 306 g/mol. The third kappa shape index (κ3) is 2.41. The molecule has 2 aliphatic rings. The van der Waals surface area contributed by atoms with Crippen LogP contribution in [0.3, 0.4) is 0 Å². The number of benzene rings is 1. The highest BCUT2D eigenvalue weighted by molar-refractivity contribution is 9.10.